The molecule has 51 heavy (non-hydrogen) atoms. The van der Waals surface area contributed by atoms with Gasteiger partial charge in [0.05, 0.1) is 0 Å². The molecule has 0 atom stereocenters. The molecule has 238 valence electrons. The lowest BCUT2D eigenvalue weighted by molar-refractivity contribution is 0.487. The summed E-state index contributed by atoms with van der Waals surface area (Å²) in [6, 6.07) is 60.9. The van der Waals surface area contributed by atoms with Crippen molar-refractivity contribution in [3.8, 4) is 79.0 Å². The maximum absolute atomic E-state index is 6.74. The molecule has 0 bridgehead atoms. The number of benzene rings is 8. The third kappa shape index (κ3) is 4.88. The Morgan fingerprint density at radius 3 is 1.49 bits per heavy atom. The van der Waals surface area contributed by atoms with Gasteiger partial charge in [-0.25, -0.2) is 15.0 Å². The molecule has 0 unspecified atom stereocenters. The normalized spacial score (nSPS) is 11.7. The molecule has 0 fully saturated rings. The molecule has 0 radical (unpaired) electrons. The standard InChI is InChI=1S/C47H29N3O/c1-4-14-30(15-5-1)33-26-27-36(35-21-11-10-20-34(33)35)37-23-13-25-41-43(37)40-24-12-22-38-39(28-29-42(51-41)44(38)40)47-49-45(31-16-6-2-7-17-31)48-46(50-47)32-18-8-3-9-19-32/h1-29H. The fraction of sp³-hybridized carbons (Fsp3) is 0. The van der Waals surface area contributed by atoms with Crippen LogP contribution in [0.5, 0.6) is 11.5 Å². The van der Waals surface area contributed by atoms with E-state index in [1.807, 2.05) is 60.7 Å². The predicted octanol–water partition coefficient (Wildman–Crippen LogP) is 12.3. The van der Waals surface area contributed by atoms with Crippen molar-refractivity contribution in [2.45, 2.75) is 0 Å². The third-order valence-corrected chi connectivity index (χ3v) is 9.76. The van der Waals surface area contributed by atoms with Gasteiger partial charge < -0.3 is 4.74 Å². The van der Waals surface area contributed by atoms with Crippen molar-refractivity contribution < 1.29 is 4.74 Å². The fourth-order valence-electron chi connectivity index (χ4n) is 7.43. The number of nitrogens with zero attached hydrogens (tertiary/aromatic N) is 3. The molecule has 9 aromatic rings. The van der Waals surface area contributed by atoms with Crippen molar-refractivity contribution in [2.75, 3.05) is 0 Å². The largest absolute Gasteiger partial charge is 0.456 e. The van der Waals surface area contributed by atoms with Crippen molar-refractivity contribution in [1.29, 1.82) is 0 Å². The second-order valence-corrected chi connectivity index (χ2v) is 12.7. The molecule has 4 heteroatoms. The summed E-state index contributed by atoms with van der Waals surface area (Å²) >= 11 is 0. The average molecular weight is 652 g/mol. The Morgan fingerprint density at radius 2 is 0.804 bits per heavy atom. The Morgan fingerprint density at radius 1 is 0.294 bits per heavy atom. The van der Waals surface area contributed by atoms with E-state index in [9.17, 15) is 0 Å². The first-order valence-electron chi connectivity index (χ1n) is 17.1. The molecule has 1 aromatic heterocycles. The summed E-state index contributed by atoms with van der Waals surface area (Å²) in [6.07, 6.45) is 0. The topological polar surface area (TPSA) is 47.9 Å². The zero-order valence-electron chi connectivity index (χ0n) is 27.5. The first-order valence-corrected chi connectivity index (χ1v) is 17.1. The maximum atomic E-state index is 6.74. The second kappa shape index (κ2) is 11.9. The smallest absolute Gasteiger partial charge is 0.164 e. The van der Waals surface area contributed by atoms with Gasteiger partial charge in [-0.1, -0.05) is 158 Å². The molecular weight excluding hydrogens is 623 g/mol. The first kappa shape index (κ1) is 29.0. The number of hydrogen-bond donors (Lipinski definition) is 0. The zero-order chi connectivity index (χ0) is 33.7. The number of fused-ring (bicyclic) bond motifs is 3. The van der Waals surface area contributed by atoms with Gasteiger partial charge >= 0.3 is 0 Å². The van der Waals surface area contributed by atoms with E-state index in [1.165, 1.54) is 27.5 Å². The SMILES string of the molecule is c1ccc(-c2nc(-c3ccccc3)nc(-c3ccc4c5c(cccc35)-c3c(cccc3-c3ccc(-c5ccccc5)c5ccccc35)O4)n2)cc1. The quantitative estimate of drug-likeness (QED) is 0.186. The van der Waals surface area contributed by atoms with Crippen LogP contribution in [0.1, 0.15) is 0 Å². The third-order valence-electron chi connectivity index (χ3n) is 9.76. The van der Waals surface area contributed by atoms with Gasteiger partial charge in [-0.15, -0.1) is 0 Å². The molecule has 0 N–H and O–H groups in total. The first-order chi connectivity index (χ1) is 25.3. The van der Waals surface area contributed by atoms with Crippen LogP contribution in [0, 0.1) is 0 Å². The Balaban J connectivity index is 1.18. The summed E-state index contributed by atoms with van der Waals surface area (Å²) < 4.78 is 6.74. The highest BCUT2D eigenvalue weighted by atomic mass is 16.5. The molecule has 0 saturated heterocycles. The van der Waals surface area contributed by atoms with E-state index in [0.717, 1.165) is 55.7 Å². The summed E-state index contributed by atoms with van der Waals surface area (Å²) in [5.74, 6) is 3.55. The molecule has 0 spiro atoms. The summed E-state index contributed by atoms with van der Waals surface area (Å²) in [4.78, 5) is 15.1. The molecular formula is C47H29N3O. The van der Waals surface area contributed by atoms with Crippen LogP contribution >= 0.6 is 0 Å². The lowest BCUT2D eigenvalue weighted by Crippen LogP contribution is -2.02. The van der Waals surface area contributed by atoms with Gasteiger partial charge in [-0.05, 0) is 62.2 Å². The van der Waals surface area contributed by atoms with E-state index in [0.29, 0.717) is 17.5 Å². The summed E-state index contributed by atoms with van der Waals surface area (Å²) in [7, 11) is 0. The van der Waals surface area contributed by atoms with Crippen LogP contribution in [0.25, 0.3) is 89.1 Å². The van der Waals surface area contributed by atoms with Crippen molar-refractivity contribution >= 4 is 21.5 Å². The van der Waals surface area contributed by atoms with Crippen LogP contribution in [-0.2, 0) is 0 Å². The Labute approximate surface area is 295 Å². The lowest BCUT2D eigenvalue weighted by atomic mass is 9.85. The predicted molar refractivity (Wildman–Crippen MR) is 208 cm³/mol. The summed E-state index contributed by atoms with van der Waals surface area (Å²) in [5.41, 5.74) is 9.72. The number of rotatable bonds is 5. The molecule has 0 aliphatic carbocycles. The van der Waals surface area contributed by atoms with Crippen molar-refractivity contribution in [3.63, 3.8) is 0 Å². The monoisotopic (exact) mass is 651 g/mol. The van der Waals surface area contributed by atoms with E-state index in [4.69, 9.17) is 19.7 Å². The molecule has 1 aliphatic rings. The fourth-order valence-corrected chi connectivity index (χ4v) is 7.43. The van der Waals surface area contributed by atoms with Gasteiger partial charge in [0.2, 0.25) is 0 Å². The molecule has 2 heterocycles. The van der Waals surface area contributed by atoms with E-state index in [1.54, 1.807) is 0 Å². The van der Waals surface area contributed by atoms with Crippen LogP contribution in [0.2, 0.25) is 0 Å². The highest BCUT2D eigenvalue weighted by Crippen LogP contribution is 2.52. The van der Waals surface area contributed by atoms with Crippen LogP contribution < -0.4 is 4.74 Å². The van der Waals surface area contributed by atoms with Crippen LogP contribution in [0.4, 0.5) is 0 Å². The summed E-state index contributed by atoms with van der Waals surface area (Å²) in [5, 5.41) is 4.49. The Bertz CT molecular complexity index is 2700. The minimum absolute atomic E-state index is 0.619. The number of ether oxygens (including phenoxy) is 1. The minimum atomic E-state index is 0.619. The van der Waals surface area contributed by atoms with Gasteiger partial charge in [0.25, 0.3) is 0 Å². The van der Waals surface area contributed by atoms with Gasteiger partial charge in [0.15, 0.2) is 17.5 Å². The molecule has 1 aliphatic heterocycles. The van der Waals surface area contributed by atoms with Crippen LogP contribution in [-0.4, -0.2) is 15.0 Å². The lowest BCUT2D eigenvalue weighted by Gasteiger charge is -2.25. The van der Waals surface area contributed by atoms with Gasteiger partial charge in [0, 0.05) is 27.6 Å². The van der Waals surface area contributed by atoms with E-state index < -0.39 is 0 Å². The van der Waals surface area contributed by atoms with Crippen molar-refractivity contribution in [2.24, 2.45) is 0 Å². The second-order valence-electron chi connectivity index (χ2n) is 12.7. The van der Waals surface area contributed by atoms with Crippen LogP contribution in [0.15, 0.2) is 176 Å². The van der Waals surface area contributed by atoms with E-state index in [-0.39, 0.29) is 0 Å². The zero-order valence-corrected chi connectivity index (χ0v) is 27.5. The van der Waals surface area contributed by atoms with Crippen molar-refractivity contribution in [1.82, 2.24) is 15.0 Å². The molecule has 4 nitrogen and oxygen atoms in total. The van der Waals surface area contributed by atoms with E-state index >= 15 is 0 Å². The van der Waals surface area contributed by atoms with Gasteiger partial charge in [0.1, 0.15) is 11.5 Å². The van der Waals surface area contributed by atoms with Gasteiger partial charge in [-0.2, -0.15) is 0 Å². The molecule has 8 aromatic carbocycles. The number of aromatic nitrogens is 3. The highest BCUT2D eigenvalue weighted by Gasteiger charge is 2.26. The number of hydrogen-bond acceptors (Lipinski definition) is 4. The van der Waals surface area contributed by atoms with Crippen molar-refractivity contribution in [3.05, 3.63) is 176 Å². The van der Waals surface area contributed by atoms with E-state index in [2.05, 4.69) is 115 Å². The Kier molecular flexibility index (Phi) is 6.78. The molecule has 0 saturated carbocycles. The minimum Gasteiger partial charge on any atom is -0.456 e. The molecule has 10 rings (SSSR count). The van der Waals surface area contributed by atoms with Crippen LogP contribution in [0.3, 0.4) is 0 Å². The summed E-state index contributed by atoms with van der Waals surface area (Å²) in [6.45, 7) is 0. The van der Waals surface area contributed by atoms with Gasteiger partial charge in [-0.3, -0.25) is 0 Å². The molecule has 0 amide bonds. The Hall–Kier alpha value is -6.91. The highest BCUT2D eigenvalue weighted by molar-refractivity contribution is 6.14. The maximum Gasteiger partial charge on any atom is 0.164 e. The average Bonchev–Trinajstić information content (AvgIpc) is 3.21.